The Bertz CT molecular complexity index is 1390. The van der Waals surface area contributed by atoms with Gasteiger partial charge in [-0.05, 0) is 35.7 Å². The van der Waals surface area contributed by atoms with Crippen LogP contribution in [-0.4, -0.2) is 43.9 Å². The third-order valence-electron chi connectivity index (χ3n) is 5.38. The molecule has 0 bridgehead atoms. The molecule has 0 aliphatic heterocycles. The molecule has 0 spiro atoms. The second-order valence-electron chi connectivity index (χ2n) is 7.77. The van der Waals surface area contributed by atoms with E-state index >= 15 is 0 Å². The van der Waals surface area contributed by atoms with Crippen molar-refractivity contribution in [2.75, 3.05) is 13.1 Å². The molecule has 5 rings (SSSR count). The Kier molecular flexibility index (Phi) is 6.21. The second kappa shape index (κ2) is 9.75. The average Bonchev–Trinajstić information content (AvgIpc) is 3.48. The summed E-state index contributed by atoms with van der Waals surface area (Å²) in [5.41, 5.74) is 2.24. The third-order valence-corrected chi connectivity index (χ3v) is 5.38. The summed E-state index contributed by atoms with van der Waals surface area (Å²) in [5.74, 6) is 0.445. The number of rotatable bonds is 9. The van der Waals surface area contributed by atoms with Crippen LogP contribution in [0.1, 0.15) is 27.9 Å². The van der Waals surface area contributed by atoms with Crippen LogP contribution in [0.25, 0.3) is 21.8 Å². The van der Waals surface area contributed by atoms with Gasteiger partial charge in [0.2, 0.25) is 0 Å². The van der Waals surface area contributed by atoms with Crippen LogP contribution in [-0.2, 0) is 19.4 Å². The molecule has 0 unspecified atom stereocenters. The summed E-state index contributed by atoms with van der Waals surface area (Å²) < 4.78 is 19.0. The average molecular weight is 459 g/mol. The maximum Gasteiger partial charge on any atom is 0.273 e. The van der Waals surface area contributed by atoms with Crippen LogP contribution in [0.2, 0.25) is 0 Å². The van der Waals surface area contributed by atoms with Crippen LogP contribution in [0.3, 0.4) is 0 Å². The summed E-state index contributed by atoms with van der Waals surface area (Å²) in [6, 6.07) is 8.88. The highest BCUT2D eigenvalue weighted by atomic mass is 19.1. The van der Waals surface area contributed by atoms with Crippen molar-refractivity contribution >= 4 is 27.7 Å². The van der Waals surface area contributed by atoms with E-state index in [9.17, 15) is 9.18 Å². The van der Waals surface area contributed by atoms with Crippen LogP contribution in [0.15, 0.2) is 59.6 Å². The van der Waals surface area contributed by atoms with Crippen molar-refractivity contribution in [2.24, 2.45) is 0 Å². The molecule has 1 amide bonds. The molecule has 5 aromatic rings. The minimum absolute atomic E-state index is 0.0238. The van der Waals surface area contributed by atoms with E-state index in [-0.39, 0.29) is 17.9 Å². The quantitative estimate of drug-likeness (QED) is 0.290. The van der Waals surface area contributed by atoms with Gasteiger partial charge in [0.15, 0.2) is 11.6 Å². The zero-order chi connectivity index (χ0) is 23.3. The Hall–Kier alpha value is -4.18. The van der Waals surface area contributed by atoms with E-state index in [1.165, 1.54) is 24.6 Å². The molecule has 34 heavy (non-hydrogen) atoms. The number of oxazole rings is 1. The molecule has 4 heterocycles. The zero-order valence-corrected chi connectivity index (χ0v) is 18.2. The molecule has 0 atom stereocenters. The molecule has 3 N–H and O–H groups in total. The number of benzene rings is 1. The van der Waals surface area contributed by atoms with Crippen LogP contribution in [0, 0.1) is 5.82 Å². The molecule has 10 heteroatoms. The van der Waals surface area contributed by atoms with Gasteiger partial charge in [-0.1, -0.05) is 0 Å². The van der Waals surface area contributed by atoms with E-state index < -0.39 is 11.7 Å². The van der Waals surface area contributed by atoms with Gasteiger partial charge in [-0.3, -0.25) is 14.8 Å². The van der Waals surface area contributed by atoms with Gasteiger partial charge in [-0.2, -0.15) is 0 Å². The van der Waals surface area contributed by atoms with Gasteiger partial charge in [0.05, 0.1) is 23.3 Å². The maximum atomic E-state index is 13.6. The standard InChI is InChI=1S/C24H22FN7O2/c25-17-2-1-6-28-20(17)13-29-24(33)21-14-34-23(32-21)5-9-26-8-4-22-30-18-10-15-3-7-27-12-16(15)11-19(18)31-22/h1-3,6-7,10-12,14,26H,4-5,8-9,13H2,(H,29,33)(H,30,31). The zero-order valence-electron chi connectivity index (χ0n) is 18.2. The number of amides is 1. The van der Waals surface area contributed by atoms with Crippen molar-refractivity contribution < 1.29 is 13.6 Å². The predicted molar refractivity (Wildman–Crippen MR) is 124 cm³/mol. The molecule has 4 aromatic heterocycles. The van der Waals surface area contributed by atoms with Crippen molar-refractivity contribution in [3.63, 3.8) is 0 Å². The number of imidazole rings is 1. The number of aromatic amines is 1. The van der Waals surface area contributed by atoms with Crippen LogP contribution in [0.4, 0.5) is 4.39 Å². The SMILES string of the molecule is O=C(NCc1ncccc1F)c1coc(CCNCCc2nc3cc4ccncc4cc3[nH]2)n1. The highest BCUT2D eigenvalue weighted by Crippen LogP contribution is 2.20. The fraction of sp³-hybridized carbons (Fsp3) is 0.208. The van der Waals surface area contributed by atoms with Crippen LogP contribution >= 0.6 is 0 Å². The first-order valence-corrected chi connectivity index (χ1v) is 10.9. The Labute approximate surface area is 193 Å². The lowest BCUT2D eigenvalue weighted by molar-refractivity contribution is 0.0945. The van der Waals surface area contributed by atoms with E-state index in [1.807, 2.05) is 12.3 Å². The van der Waals surface area contributed by atoms with Crippen molar-refractivity contribution in [3.8, 4) is 0 Å². The largest absolute Gasteiger partial charge is 0.448 e. The molecule has 0 saturated carbocycles. The number of carbonyl (C=O) groups excluding carboxylic acids is 1. The van der Waals surface area contributed by atoms with Gasteiger partial charge in [-0.15, -0.1) is 0 Å². The summed E-state index contributed by atoms with van der Waals surface area (Å²) in [4.78, 5) is 32.5. The van der Waals surface area contributed by atoms with E-state index in [0.717, 1.165) is 40.6 Å². The van der Waals surface area contributed by atoms with Gasteiger partial charge in [0.25, 0.3) is 5.91 Å². The number of fused-ring (bicyclic) bond motifs is 2. The number of halogens is 1. The van der Waals surface area contributed by atoms with Gasteiger partial charge in [0.1, 0.15) is 17.9 Å². The first-order valence-electron chi connectivity index (χ1n) is 10.9. The van der Waals surface area contributed by atoms with Crippen molar-refractivity contribution in [1.82, 2.24) is 35.6 Å². The first-order chi connectivity index (χ1) is 16.7. The van der Waals surface area contributed by atoms with E-state index in [0.29, 0.717) is 18.9 Å². The molecular formula is C24H22FN7O2. The first kappa shape index (κ1) is 21.7. The van der Waals surface area contributed by atoms with E-state index in [4.69, 9.17) is 4.42 Å². The normalized spacial score (nSPS) is 11.3. The summed E-state index contributed by atoms with van der Waals surface area (Å²) in [7, 11) is 0. The molecular weight excluding hydrogens is 437 g/mol. The number of pyridine rings is 2. The lowest BCUT2D eigenvalue weighted by Gasteiger charge is -2.03. The molecule has 0 aliphatic rings. The third kappa shape index (κ3) is 4.91. The molecule has 9 nitrogen and oxygen atoms in total. The summed E-state index contributed by atoms with van der Waals surface area (Å²) >= 11 is 0. The number of H-pyrrole nitrogens is 1. The maximum absolute atomic E-state index is 13.6. The fourth-order valence-electron chi connectivity index (χ4n) is 3.62. The predicted octanol–water partition coefficient (Wildman–Crippen LogP) is 2.94. The lowest BCUT2D eigenvalue weighted by Crippen LogP contribution is -2.24. The second-order valence-corrected chi connectivity index (χ2v) is 7.77. The van der Waals surface area contributed by atoms with E-state index in [2.05, 4.69) is 47.7 Å². The molecule has 0 aliphatic carbocycles. The molecule has 0 saturated heterocycles. The minimum atomic E-state index is -0.469. The van der Waals surface area contributed by atoms with Gasteiger partial charge < -0.3 is 20.0 Å². The number of aromatic nitrogens is 5. The molecule has 1 aromatic carbocycles. The highest BCUT2D eigenvalue weighted by molar-refractivity contribution is 5.94. The number of nitrogens with zero attached hydrogens (tertiary/aromatic N) is 4. The topological polar surface area (TPSA) is 122 Å². The molecule has 0 radical (unpaired) electrons. The number of hydrogen-bond acceptors (Lipinski definition) is 7. The summed E-state index contributed by atoms with van der Waals surface area (Å²) in [6.45, 7) is 1.34. The van der Waals surface area contributed by atoms with Gasteiger partial charge >= 0.3 is 0 Å². The minimum Gasteiger partial charge on any atom is -0.448 e. The van der Waals surface area contributed by atoms with Crippen molar-refractivity contribution in [2.45, 2.75) is 19.4 Å². The van der Waals surface area contributed by atoms with Crippen LogP contribution in [0.5, 0.6) is 0 Å². The van der Waals surface area contributed by atoms with Crippen LogP contribution < -0.4 is 10.6 Å². The Morgan fingerprint density at radius 1 is 1.09 bits per heavy atom. The fourth-order valence-corrected chi connectivity index (χ4v) is 3.62. The Morgan fingerprint density at radius 3 is 2.91 bits per heavy atom. The molecule has 0 fully saturated rings. The van der Waals surface area contributed by atoms with Gasteiger partial charge in [0, 0.05) is 49.9 Å². The highest BCUT2D eigenvalue weighted by Gasteiger charge is 2.13. The number of hydrogen-bond donors (Lipinski definition) is 3. The monoisotopic (exact) mass is 459 g/mol. The summed E-state index contributed by atoms with van der Waals surface area (Å²) in [6.07, 6.45) is 7.66. The molecule has 172 valence electrons. The van der Waals surface area contributed by atoms with E-state index in [1.54, 1.807) is 6.20 Å². The number of nitrogens with one attached hydrogen (secondary N) is 3. The van der Waals surface area contributed by atoms with Crippen molar-refractivity contribution in [1.29, 1.82) is 0 Å². The number of carbonyl (C=O) groups is 1. The summed E-state index contributed by atoms with van der Waals surface area (Å²) in [5, 5.41) is 8.11. The smallest absolute Gasteiger partial charge is 0.273 e. The lowest BCUT2D eigenvalue weighted by atomic mass is 10.1. The van der Waals surface area contributed by atoms with Crippen molar-refractivity contribution in [3.05, 3.63) is 84.1 Å². The Morgan fingerprint density at radius 2 is 2.00 bits per heavy atom. The Balaban J connectivity index is 1.07. The van der Waals surface area contributed by atoms with Gasteiger partial charge in [-0.25, -0.2) is 14.4 Å².